The van der Waals surface area contributed by atoms with Crippen molar-refractivity contribution in [3.63, 3.8) is 0 Å². The lowest BCUT2D eigenvalue weighted by molar-refractivity contribution is 0.225. The average Bonchev–Trinajstić information content (AvgIpc) is 2.41. The van der Waals surface area contributed by atoms with Crippen molar-refractivity contribution in [3.05, 3.63) is 0 Å². The van der Waals surface area contributed by atoms with Crippen LogP contribution in [0.1, 0.15) is 99.3 Å². The molecule has 0 aliphatic rings. The summed E-state index contributed by atoms with van der Waals surface area (Å²) in [5.41, 5.74) is 0. The molecule has 0 aliphatic carbocycles. The van der Waals surface area contributed by atoms with Gasteiger partial charge in [-0.1, -0.05) is 92.9 Å². The van der Waals surface area contributed by atoms with Crippen LogP contribution >= 0.6 is 0 Å². The predicted molar refractivity (Wildman–Crippen MR) is 89.6 cm³/mol. The molecule has 0 fully saturated rings. The first kappa shape index (κ1) is 19.0. The largest absolute Gasteiger partial charge is 0.0654 e. The van der Waals surface area contributed by atoms with E-state index in [2.05, 4.69) is 41.5 Å². The maximum Gasteiger partial charge on any atom is -0.0391 e. The van der Waals surface area contributed by atoms with Crippen molar-refractivity contribution in [1.29, 1.82) is 0 Å². The summed E-state index contributed by atoms with van der Waals surface area (Å²) in [5, 5.41) is 0. The molecule has 0 N–H and O–H groups in total. The van der Waals surface area contributed by atoms with E-state index in [1.165, 1.54) is 57.8 Å². The van der Waals surface area contributed by atoms with Gasteiger partial charge in [-0.05, 0) is 30.1 Å². The van der Waals surface area contributed by atoms with Gasteiger partial charge in [0.2, 0.25) is 0 Å². The van der Waals surface area contributed by atoms with Gasteiger partial charge in [0, 0.05) is 0 Å². The third-order valence-electron chi connectivity index (χ3n) is 5.28. The molecule has 0 heterocycles. The van der Waals surface area contributed by atoms with Crippen molar-refractivity contribution in [2.45, 2.75) is 99.3 Å². The Morgan fingerprint density at radius 3 is 1.84 bits per heavy atom. The molecule has 0 aliphatic heterocycles. The van der Waals surface area contributed by atoms with E-state index in [1.807, 2.05) is 0 Å². The second-order valence-electron chi connectivity index (χ2n) is 7.12. The molecule has 116 valence electrons. The second-order valence-corrected chi connectivity index (χ2v) is 7.12. The van der Waals surface area contributed by atoms with E-state index >= 15 is 0 Å². The third kappa shape index (κ3) is 9.52. The van der Waals surface area contributed by atoms with E-state index in [0.29, 0.717) is 0 Å². The minimum absolute atomic E-state index is 0.893. The zero-order valence-corrected chi connectivity index (χ0v) is 14.7. The van der Waals surface area contributed by atoms with Crippen molar-refractivity contribution in [2.75, 3.05) is 0 Å². The van der Waals surface area contributed by atoms with Crippen LogP contribution in [0.25, 0.3) is 0 Å². The Hall–Kier alpha value is 0. The SMILES string of the molecule is CCCCCCCCC(C)C(C)C(C)CC(C)CC. The summed E-state index contributed by atoms with van der Waals surface area (Å²) in [7, 11) is 0. The molecule has 0 aromatic heterocycles. The summed E-state index contributed by atoms with van der Waals surface area (Å²) in [6, 6.07) is 0. The van der Waals surface area contributed by atoms with Crippen LogP contribution in [0.2, 0.25) is 0 Å². The van der Waals surface area contributed by atoms with Crippen molar-refractivity contribution < 1.29 is 0 Å². The molecule has 0 radical (unpaired) electrons. The Bertz CT molecular complexity index is 184. The standard InChI is InChI=1S/C19H40/c1-7-9-10-11-12-13-14-17(4)19(6)18(5)15-16(3)8-2/h16-19H,7-15H2,1-6H3. The van der Waals surface area contributed by atoms with E-state index in [-0.39, 0.29) is 0 Å². The third-order valence-corrected chi connectivity index (χ3v) is 5.28. The highest BCUT2D eigenvalue weighted by atomic mass is 14.3. The molecular formula is C19H40. The Kier molecular flexibility index (Phi) is 11.8. The van der Waals surface area contributed by atoms with E-state index in [1.54, 1.807) is 0 Å². The molecule has 0 nitrogen and oxygen atoms in total. The molecule has 0 saturated heterocycles. The van der Waals surface area contributed by atoms with Crippen LogP contribution in [0.15, 0.2) is 0 Å². The second kappa shape index (κ2) is 11.8. The first-order chi connectivity index (χ1) is 9.02. The predicted octanol–water partition coefficient (Wildman–Crippen LogP) is 7.08. The van der Waals surface area contributed by atoms with Gasteiger partial charge in [-0.3, -0.25) is 0 Å². The average molecular weight is 269 g/mol. The fourth-order valence-electron chi connectivity index (χ4n) is 3.09. The maximum atomic E-state index is 2.48. The summed E-state index contributed by atoms with van der Waals surface area (Å²) in [5.74, 6) is 3.60. The Morgan fingerprint density at radius 1 is 0.684 bits per heavy atom. The van der Waals surface area contributed by atoms with Crippen LogP contribution in [-0.2, 0) is 0 Å². The minimum Gasteiger partial charge on any atom is -0.0654 e. The lowest BCUT2D eigenvalue weighted by atomic mass is 9.78. The highest BCUT2D eigenvalue weighted by Crippen LogP contribution is 2.30. The van der Waals surface area contributed by atoms with Crippen molar-refractivity contribution >= 4 is 0 Å². The zero-order chi connectivity index (χ0) is 14.7. The van der Waals surface area contributed by atoms with Gasteiger partial charge in [-0.2, -0.15) is 0 Å². The van der Waals surface area contributed by atoms with Crippen LogP contribution in [0.4, 0.5) is 0 Å². The van der Waals surface area contributed by atoms with Crippen LogP contribution in [0.3, 0.4) is 0 Å². The highest BCUT2D eigenvalue weighted by Gasteiger charge is 2.20. The summed E-state index contributed by atoms with van der Waals surface area (Å²) >= 11 is 0. The maximum absolute atomic E-state index is 2.48. The monoisotopic (exact) mass is 268 g/mol. The van der Waals surface area contributed by atoms with Crippen LogP contribution in [0.5, 0.6) is 0 Å². The van der Waals surface area contributed by atoms with Crippen molar-refractivity contribution in [3.8, 4) is 0 Å². The van der Waals surface area contributed by atoms with Gasteiger partial charge in [-0.15, -0.1) is 0 Å². The molecular weight excluding hydrogens is 228 g/mol. The highest BCUT2D eigenvalue weighted by molar-refractivity contribution is 4.70. The zero-order valence-electron chi connectivity index (χ0n) is 14.7. The molecule has 0 amide bonds. The molecule has 4 atom stereocenters. The van der Waals surface area contributed by atoms with E-state index < -0.39 is 0 Å². The van der Waals surface area contributed by atoms with Gasteiger partial charge < -0.3 is 0 Å². The lowest BCUT2D eigenvalue weighted by Crippen LogP contribution is -2.18. The molecule has 0 aromatic carbocycles. The number of hydrogen-bond acceptors (Lipinski definition) is 0. The topological polar surface area (TPSA) is 0 Å². The van der Waals surface area contributed by atoms with Crippen LogP contribution in [-0.4, -0.2) is 0 Å². The number of unbranched alkanes of at least 4 members (excludes halogenated alkanes) is 5. The van der Waals surface area contributed by atoms with Crippen LogP contribution in [0, 0.1) is 23.7 Å². The van der Waals surface area contributed by atoms with Gasteiger partial charge in [0.25, 0.3) is 0 Å². The number of rotatable bonds is 12. The van der Waals surface area contributed by atoms with Crippen LogP contribution < -0.4 is 0 Å². The molecule has 0 heteroatoms. The summed E-state index contributed by atoms with van der Waals surface area (Å²) in [4.78, 5) is 0. The summed E-state index contributed by atoms with van der Waals surface area (Å²) in [6.07, 6.45) is 12.8. The fourth-order valence-corrected chi connectivity index (χ4v) is 3.09. The van der Waals surface area contributed by atoms with E-state index in [4.69, 9.17) is 0 Å². The molecule has 0 bridgehead atoms. The first-order valence-electron chi connectivity index (χ1n) is 9.02. The Balaban J connectivity index is 3.71. The fraction of sp³-hybridized carbons (Fsp3) is 1.00. The van der Waals surface area contributed by atoms with Gasteiger partial charge in [0.05, 0.1) is 0 Å². The van der Waals surface area contributed by atoms with Crippen molar-refractivity contribution in [2.24, 2.45) is 23.7 Å². The first-order valence-corrected chi connectivity index (χ1v) is 9.02. The van der Waals surface area contributed by atoms with Gasteiger partial charge in [0.15, 0.2) is 0 Å². The summed E-state index contributed by atoms with van der Waals surface area (Å²) < 4.78 is 0. The van der Waals surface area contributed by atoms with Gasteiger partial charge >= 0.3 is 0 Å². The molecule has 0 rings (SSSR count). The number of hydrogen-bond donors (Lipinski definition) is 0. The quantitative estimate of drug-likeness (QED) is 0.332. The van der Waals surface area contributed by atoms with Gasteiger partial charge in [-0.25, -0.2) is 0 Å². The Labute approximate surface area is 123 Å². The molecule has 0 aromatic rings. The van der Waals surface area contributed by atoms with E-state index in [0.717, 1.165) is 23.7 Å². The van der Waals surface area contributed by atoms with Crippen molar-refractivity contribution in [1.82, 2.24) is 0 Å². The molecule has 0 spiro atoms. The molecule has 19 heavy (non-hydrogen) atoms. The van der Waals surface area contributed by atoms with E-state index in [9.17, 15) is 0 Å². The normalized spacial score (nSPS) is 18.0. The molecule has 0 saturated carbocycles. The van der Waals surface area contributed by atoms with Gasteiger partial charge in [0.1, 0.15) is 0 Å². The molecule has 4 unspecified atom stereocenters. The minimum atomic E-state index is 0.893. The lowest BCUT2D eigenvalue weighted by Gasteiger charge is -2.28. The Morgan fingerprint density at radius 2 is 1.26 bits per heavy atom. The smallest absolute Gasteiger partial charge is 0.0391 e. The summed E-state index contributed by atoms with van der Waals surface area (Å²) in [6.45, 7) is 14.4.